The molecule has 0 atom stereocenters. The van der Waals surface area contributed by atoms with E-state index in [9.17, 15) is 9.59 Å². The van der Waals surface area contributed by atoms with Gasteiger partial charge in [0.25, 0.3) is 5.91 Å². The molecule has 0 saturated carbocycles. The fourth-order valence-corrected chi connectivity index (χ4v) is 4.15. The Hall–Kier alpha value is -3.20. The maximum Gasteiger partial charge on any atom is 0.272 e. The Bertz CT molecular complexity index is 1050. The van der Waals surface area contributed by atoms with Crippen LogP contribution in [-0.4, -0.2) is 62.5 Å². The van der Waals surface area contributed by atoms with Gasteiger partial charge in [-0.25, -0.2) is 0 Å². The Kier molecular flexibility index (Phi) is 4.96. The molecule has 3 aromatic rings. The number of aromatic amines is 1. The Balaban J connectivity index is 1.24. The molecule has 30 heavy (non-hydrogen) atoms. The van der Waals surface area contributed by atoms with Crippen molar-refractivity contribution in [3.05, 3.63) is 47.4 Å². The molecule has 2 aliphatic rings. The number of fused-ring (bicyclic) bond motifs is 2. The number of nitrogens with zero attached hydrogens (tertiary/aromatic N) is 4. The van der Waals surface area contributed by atoms with Crippen LogP contribution in [0.3, 0.4) is 0 Å². The van der Waals surface area contributed by atoms with E-state index in [1.807, 2.05) is 30.5 Å². The van der Waals surface area contributed by atoms with Crippen LogP contribution >= 0.6 is 0 Å². The Morgan fingerprint density at radius 3 is 2.90 bits per heavy atom. The summed E-state index contributed by atoms with van der Waals surface area (Å²) >= 11 is 0. The molecule has 2 aromatic heterocycles. The predicted molar refractivity (Wildman–Crippen MR) is 109 cm³/mol. The Labute approximate surface area is 173 Å². The molecule has 0 unspecified atom stereocenters. The molecule has 1 fully saturated rings. The van der Waals surface area contributed by atoms with Gasteiger partial charge in [-0.05, 0) is 25.3 Å². The average Bonchev–Trinajstić information content (AvgIpc) is 3.37. The normalized spacial score (nSPS) is 17.1. The molecule has 1 saturated heterocycles. The minimum Gasteiger partial charge on any atom is -0.381 e. The third-order valence-electron chi connectivity index (χ3n) is 5.82. The lowest BCUT2D eigenvalue weighted by Gasteiger charge is -2.27. The van der Waals surface area contributed by atoms with Gasteiger partial charge in [0, 0.05) is 42.9 Å². The molecule has 4 heterocycles. The molecule has 0 aliphatic carbocycles. The first kappa shape index (κ1) is 18.8. The van der Waals surface area contributed by atoms with Crippen molar-refractivity contribution in [3.63, 3.8) is 0 Å². The van der Waals surface area contributed by atoms with Gasteiger partial charge in [0.1, 0.15) is 6.54 Å². The number of carbonyl (C=O) groups is 2. The van der Waals surface area contributed by atoms with E-state index in [0.717, 1.165) is 35.0 Å². The number of benzene rings is 1. The van der Waals surface area contributed by atoms with Gasteiger partial charge in [-0.15, -0.1) is 0 Å². The van der Waals surface area contributed by atoms with E-state index < -0.39 is 0 Å². The second-order valence-electron chi connectivity index (χ2n) is 7.84. The number of aromatic nitrogens is 4. The number of nitrogens with one attached hydrogen (secondary N) is 2. The van der Waals surface area contributed by atoms with Crippen molar-refractivity contribution in [1.29, 1.82) is 0 Å². The number of hydrogen-bond acceptors (Lipinski definition) is 5. The fourth-order valence-electron chi connectivity index (χ4n) is 4.15. The number of ether oxygens (including phenoxy) is 1. The van der Waals surface area contributed by atoms with Crippen molar-refractivity contribution >= 4 is 22.7 Å². The summed E-state index contributed by atoms with van der Waals surface area (Å²) in [6.45, 7) is 2.52. The highest BCUT2D eigenvalue weighted by atomic mass is 16.5. The van der Waals surface area contributed by atoms with Crippen LogP contribution in [-0.2, 0) is 29.0 Å². The summed E-state index contributed by atoms with van der Waals surface area (Å²) in [4.78, 5) is 27.2. The average molecular weight is 408 g/mol. The van der Waals surface area contributed by atoms with Crippen molar-refractivity contribution in [3.8, 4) is 0 Å². The zero-order chi connectivity index (χ0) is 20.5. The van der Waals surface area contributed by atoms with Gasteiger partial charge in [-0.2, -0.15) is 10.2 Å². The lowest BCUT2D eigenvalue weighted by Crippen LogP contribution is -2.40. The predicted octanol–water partition coefficient (Wildman–Crippen LogP) is 1.25. The SMILES string of the molecule is O=C(NC1CCOCC1)c1n[nH]c2c1CCN(C(=O)Cn1cc3ccccc3n1)C2. The summed E-state index contributed by atoms with van der Waals surface area (Å²) in [7, 11) is 0. The molecule has 9 heteroatoms. The molecule has 1 aromatic carbocycles. The van der Waals surface area contributed by atoms with Crippen molar-refractivity contribution < 1.29 is 14.3 Å². The highest BCUT2D eigenvalue weighted by Gasteiger charge is 2.28. The molecule has 2 aliphatic heterocycles. The number of H-pyrrole nitrogens is 1. The van der Waals surface area contributed by atoms with Gasteiger partial charge >= 0.3 is 0 Å². The smallest absolute Gasteiger partial charge is 0.272 e. The number of hydrogen-bond donors (Lipinski definition) is 2. The Morgan fingerprint density at radius 2 is 2.07 bits per heavy atom. The number of amides is 2. The van der Waals surface area contributed by atoms with E-state index in [1.54, 1.807) is 9.58 Å². The molecule has 2 amide bonds. The van der Waals surface area contributed by atoms with Crippen LogP contribution in [0.5, 0.6) is 0 Å². The molecule has 0 spiro atoms. The van der Waals surface area contributed by atoms with Crippen LogP contribution in [0.2, 0.25) is 0 Å². The van der Waals surface area contributed by atoms with Gasteiger partial charge in [0.05, 0.1) is 17.8 Å². The molecular formula is C21H24N6O3. The molecule has 5 rings (SSSR count). The van der Waals surface area contributed by atoms with E-state index in [-0.39, 0.29) is 24.4 Å². The van der Waals surface area contributed by atoms with Gasteiger partial charge < -0.3 is 15.0 Å². The van der Waals surface area contributed by atoms with Gasteiger partial charge in [-0.1, -0.05) is 18.2 Å². The summed E-state index contributed by atoms with van der Waals surface area (Å²) in [5.74, 6) is -0.154. The van der Waals surface area contributed by atoms with E-state index >= 15 is 0 Å². The third kappa shape index (κ3) is 3.68. The third-order valence-corrected chi connectivity index (χ3v) is 5.82. The van der Waals surface area contributed by atoms with E-state index in [2.05, 4.69) is 20.6 Å². The van der Waals surface area contributed by atoms with Crippen LogP contribution in [0, 0.1) is 0 Å². The quantitative estimate of drug-likeness (QED) is 0.676. The standard InChI is InChI=1S/C21H24N6O3/c28-19(13-27-11-14-3-1-2-4-17(14)25-27)26-8-5-16-18(12-26)23-24-20(16)21(29)22-15-6-9-30-10-7-15/h1-4,11,15H,5-10,12-13H2,(H,22,29)(H,23,24). The first-order valence-electron chi connectivity index (χ1n) is 10.3. The van der Waals surface area contributed by atoms with Crippen molar-refractivity contribution in [1.82, 2.24) is 30.2 Å². The first-order chi connectivity index (χ1) is 14.7. The number of carbonyl (C=O) groups excluding carboxylic acids is 2. The minimum absolute atomic E-state index is 0.00346. The topological polar surface area (TPSA) is 105 Å². The van der Waals surface area contributed by atoms with Crippen molar-refractivity contribution in [2.24, 2.45) is 0 Å². The molecule has 0 bridgehead atoms. The van der Waals surface area contributed by atoms with Crippen LogP contribution in [0.25, 0.3) is 10.9 Å². The van der Waals surface area contributed by atoms with Crippen molar-refractivity contribution in [2.75, 3.05) is 19.8 Å². The molecule has 2 N–H and O–H groups in total. The largest absolute Gasteiger partial charge is 0.381 e. The zero-order valence-electron chi connectivity index (χ0n) is 16.6. The lowest BCUT2D eigenvalue weighted by molar-refractivity contribution is -0.133. The maximum atomic E-state index is 12.8. The second kappa shape index (κ2) is 7.91. The fraction of sp³-hybridized carbons (Fsp3) is 0.429. The van der Waals surface area contributed by atoms with Crippen LogP contribution < -0.4 is 5.32 Å². The van der Waals surface area contributed by atoms with Crippen LogP contribution in [0.1, 0.15) is 34.6 Å². The van der Waals surface area contributed by atoms with Crippen molar-refractivity contribution in [2.45, 2.75) is 38.4 Å². The molecule has 9 nitrogen and oxygen atoms in total. The van der Waals surface area contributed by atoms with E-state index in [0.29, 0.717) is 38.4 Å². The second-order valence-corrected chi connectivity index (χ2v) is 7.84. The molecule has 156 valence electrons. The van der Waals surface area contributed by atoms with Gasteiger partial charge in [0.2, 0.25) is 5.91 Å². The summed E-state index contributed by atoms with van der Waals surface area (Å²) in [6, 6.07) is 7.93. The highest BCUT2D eigenvalue weighted by Crippen LogP contribution is 2.21. The lowest BCUT2D eigenvalue weighted by atomic mass is 10.0. The summed E-state index contributed by atoms with van der Waals surface area (Å²) in [6.07, 6.45) is 4.14. The number of rotatable bonds is 4. The van der Waals surface area contributed by atoms with Crippen LogP contribution in [0.4, 0.5) is 0 Å². The molecular weight excluding hydrogens is 384 g/mol. The van der Waals surface area contributed by atoms with E-state index in [1.165, 1.54) is 0 Å². The van der Waals surface area contributed by atoms with Gasteiger partial charge in [0.15, 0.2) is 5.69 Å². The van der Waals surface area contributed by atoms with Crippen LogP contribution in [0.15, 0.2) is 30.5 Å². The monoisotopic (exact) mass is 408 g/mol. The minimum atomic E-state index is -0.151. The van der Waals surface area contributed by atoms with E-state index in [4.69, 9.17) is 4.74 Å². The first-order valence-corrected chi connectivity index (χ1v) is 10.3. The summed E-state index contributed by atoms with van der Waals surface area (Å²) in [5, 5.41) is 15.7. The maximum absolute atomic E-state index is 12.8. The summed E-state index contributed by atoms with van der Waals surface area (Å²) in [5.41, 5.74) is 3.06. The Morgan fingerprint density at radius 1 is 1.23 bits per heavy atom. The van der Waals surface area contributed by atoms with Gasteiger partial charge in [-0.3, -0.25) is 19.4 Å². The summed E-state index contributed by atoms with van der Waals surface area (Å²) < 4.78 is 7.02. The zero-order valence-corrected chi connectivity index (χ0v) is 16.6. The molecule has 0 radical (unpaired) electrons. The highest BCUT2D eigenvalue weighted by molar-refractivity contribution is 5.94.